The summed E-state index contributed by atoms with van der Waals surface area (Å²) >= 11 is 0. The molecule has 3 aliphatic heterocycles. The van der Waals surface area contributed by atoms with Crippen LogP contribution in [0.2, 0.25) is 0 Å². The van der Waals surface area contributed by atoms with Crippen LogP contribution in [0.5, 0.6) is 0 Å². The number of hydrazone groups is 1. The van der Waals surface area contributed by atoms with Crippen molar-refractivity contribution in [1.29, 1.82) is 0 Å². The zero-order valence-corrected chi connectivity index (χ0v) is 22.3. The van der Waals surface area contributed by atoms with Gasteiger partial charge >= 0.3 is 6.09 Å². The van der Waals surface area contributed by atoms with Crippen LogP contribution in [0, 0.1) is 11.8 Å². The lowest BCUT2D eigenvalue weighted by molar-refractivity contribution is 0.0949. The number of rotatable bonds is 7. The number of allylic oxidation sites excluding steroid dienone is 2. The maximum atomic E-state index is 12.1. The summed E-state index contributed by atoms with van der Waals surface area (Å²) in [4.78, 5) is 17.3. The number of nitrogens with zero attached hydrogens (tertiary/aromatic N) is 3. The fourth-order valence-electron chi connectivity index (χ4n) is 5.87. The summed E-state index contributed by atoms with van der Waals surface area (Å²) in [6.07, 6.45) is 12.5. The number of carbonyl (C=O) groups excluding carboxylic acids is 1. The molecule has 37 heavy (non-hydrogen) atoms. The summed E-state index contributed by atoms with van der Waals surface area (Å²) in [6, 6.07) is 0.506. The first kappa shape index (κ1) is 26.0. The van der Waals surface area contributed by atoms with E-state index in [0.29, 0.717) is 24.3 Å². The molecule has 2 aliphatic carbocycles. The largest absolute Gasteiger partial charge is 0.476 e. The second kappa shape index (κ2) is 11.9. The Balaban J connectivity index is 1.15. The average molecular weight is 515 g/mol. The average Bonchev–Trinajstić information content (AvgIpc) is 3.66. The molecule has 3 fully saturated rings. The van der Waals surface area contributed by atoms with Crippen molar-refractivity contribution in [3.63, 3.8) is 0 Å². The van der Waals surface area contributed by atoms with Gasteiger partial charge in [-0.15, -0.1) is 5.10 Å². The molecular weight excluding hydrogens is 472 g/mol. The Kier molecular flexibility index (Phi) is 8.34. The van der Waals surface area contributed by atoms with E-state index in [0.717, 1.165) is 69.6 Å². The highest BCUT2D eigenvalue weighted by molar-refractivity contribution is 5.97. The van der Waals surface area contributed by atoms with Crippen LogP contribution in [0.1, 0.15) is 58.8 Å². The molecule has 2 saturated heterocycles. The number of carbonyl (C=O) groups is 1. The van der Waals surface area contributed by atoms with Gasteiger partial charge in [-0.05, 0) is 51.4 Å². The highest BCUT2D eigenvalue weighted by Gasteiger charge is 2.40. The highest BCUT2D eigenvalue weighted by atomic mass is 16.6. The van der Waals surface area contributed by atoms with Gasteiger partial charge in [0.05, 0.1) is 25.3 Å². The maximum absolute atomic E-state index is 12.1. The van der Waals surface area contributed by atoms with Gasteiger partial charge in [0.1, 0.15) is 11.9 Å². The van der Waals surface area contributed by atoms with Gasteiger partial charge in [0.25, 0.3) is 0 Å². The van der Waals surface area contributed by atoms with E-state index < -0.39 is 0 Å². The lowest BCUT2D eigenvalue weighted by Crippen LogP contribution is -2.38. The van der Waals surface area contributed by atoms with Gasteiger partial charge in [0.15, 0.2) is 0 Å². The molecule has 10 nitrogen and oxygen atoms in total. The molecule has 0 radical (unpaired) electrons. The van der Waals surface area contributed by atoms with E-state index in [2.05, 4.69) is 41.3 Å². The minimum Gasteiger partial charge on any atom is -0.476 e. The van der Waals surface area contributed by atoms with Gasteiger partial charge in [-0.3, -0.25) is 10.0 Å². The second-order valence-corrected chi connectivity index (χ2v) is 11.0. The summed E-state index contributed by atoms with van der Waals surface area (Å²) < 4.78 is 17.3. The van der Waals surface area contributed by atoms with E-state index in [1.165, 1.54) is 0 Å². The Labute approximate surface area is 219 Å². The number of hydrogen-bond acceptors (Lipinski definition) is 8. The summed E-state index contributed by atoms with van der Waals surface area (Å²) in [5.41, 5.74) is 7.89. The fraction of sp³-hybridized carbons (Fsp3) is 0.741. The standard InChI is InChI=1S/C27H42N6O4/c1-4-17(2)28-27(34)37-20-10-9-19(13-20)23-14-24(31-30-23)29-22-8-6-5-7-21-25(22)33(3)32-26(21)36-16-18-11-12-35-15-18/h5-7,17-20,22-23,25,30H,4,8-16H2,1-3H3,(H,28,34)(H,29,31)/t17?,18?,19-,20+,22?,23?,25?/m0/s1. The van der Waals surface area contributed by atoms with Gasteiger partial charge in [-0.1, -0.05) is 25.2 Å². The molecule has 7 atom stereocenters. The Morgan fingerprint density at radius 3 is 3.08 bits per heavy atom. The molecular formula is C27H42N6O4. The molecule has 1 amide bonds. The third kappa shape index (κ3) is 6.29. The van der Waals surface area contributed by atoms with Crippen molar-refractivity contribution in [1.82, 2.24) is 21.2 Å². The molecule has 5 rings (SSSR count). The van der Waals surface area contributed by atoms with Crippen LogP contribution in [0.25, 0.3) is 0 Å². The molecule has 5 unspecified atom stereocenters. The Morgan fingerprint density at radius 2 is 2.27 bits per heavy atom. The van der Waals surface area contributed by atoms with Gasteiger partial charge in [-0.25, -0.2) is 10.2 Å². The molecule has 3 heterocycles. The van der Waals surface area contributed by atoms with Crippen molar-refractivity contribution >= 4 is 17.8 Å². The lowest BCUT2D eigenvalue weighted by Gasteiger charge is -2.25. The van der Waals surface area contributed by atoms with E-state index >= 15 is 0 Å². The molecule has 0 aromatic heterocycles. The van der Waals surface area contributed by atoms with Crippen LogP contribution in [0.3, 0.4) is 0 Å². The van der Waals surface area contributed by atoms with Crippen LogP contribution < -0.4 is 16.2 Å². The van der Waals surface area contributed by atoms with Crippen LogP contribution in [0.15, 0.2) is 33.9 Å². The van der Waals surface area contributed by atoms with Crippen LogP contribution in [-0.4, -0.2) is 80.0 Å². The molecule has 3 N–H and O–H groups in total. The number of likely N-dealkylation sites (N-methyl/N-ethyl adjacent to an activating group) is 1. The van der Waals surface area contributed by atoms with Crippen molar-refractivity contribution in [3.8, 4) is 0 Å². The van der Waals surface area contributed by atoms with Crippen molar-refractivity contribution in [2.45, 2.75) is 89.1 Å². The first-order valence-corrected chi connectivity index (χ1v) is 13.9. The van der Waals surface area contributed by atoms with Gasteiger partial charge in [0.2, 0.25) is 5.90 Å². The number of ether oxygens (including phenoxy) is 3. The lowest BCUT2D eigenvalue weighted by atomic mass is 9.96. The molecule has 10 heteroatoms. The van der Waals surface area contributed by atoms with E-state index in [-0.39, 0.29) is 36.4 Å². The van der Waals surface area contributed by atoms with Crippen LogP contribution in [-0.2, 0) is 14.2 Å². The molecule has 204 valence electrons. The fourth-order valence-corrected chi connectivity index (χ4v) is 5.87. The van der Waals surface area contributed by atoms with Crippen molar-refractivity contribution in [3.05, 3.63) is 23.8 Å². The zero-order chi connectivity index (χ0) is 25.8. The minimum absolute atomic E-state index is 0.0185. The Hall–Kier alpha value is -2.59. The van der Waals surface area contributed by atoms with Crippen molar-refractivity contribution < 1.29 is 19.0 Å². The number of amidine groups is 1. The summed E-state index contributed by atoms with van der Waals surface area (Å²) in [5, 5.41) is 9.62. The number of aliphatic imine (C=N–C) groups is 1. The predicted molar refractivity (Wildman–Crippen MR) is 142 cm³/mol. The minimum atomic E-state index is -0.298. The quantitative estimate of drug-likeness (QED) is 0.479. The van der Waals surface area contributed by atoms with E-state index in [1.807, 2.05) is 19.0 Å². The summed E-state index contributed by atoms with van der Waals surface area (Å²) in [7, 11) is 2.01. The summed E-state index contributed by atoms with van der Waals surface area (Å²) in [5.74, 6) is 2.57. The monoisotopic (exact) mass is 514 g/mol. The summed E-state index contributed by atoms with van der Waals surface area (Å²) in [6.45, 7) is 6.26. The molecule has 5 aliphatic rings. The SMILES string of the molecule is CCC(C)NC(=O)O[C@@H]1CC[C@H](C2CC(=NC3CC=CC=C4C(OCC5CCOC5)=NN(C)C43)NN2)C1. The molecule has 0 spiro atoms. The normalized spacial score (nSPS) is 35.0. The van der Waals surface area contributed by atoms with Crippen LogP contribution in [0.4, 0.5) is 4.79 Å². The number of hydrazine groups is 1. The molecule has 0 aromatic carbocycles. The number of fused-ring (bicyclic) bond motifs is 1. The first-order chi connectivity index (χ1) is 18.0. The van der Waals surface area contributed by atoms with E-state index in [4.69, 9.17) is 24.3 Å². The molecule has 1 saturated carbocycles. The highest BCUT2D eigenvalue weighted by Crippen LogP contribution is 2.34. The van der Waals surface area contributed by atoms with Gasteiger partial charge in [-0.2, -0.15) is 0 Å². The van der Waals surface area contributed by atoms with Gasteiger partial charge < -0.3 is 25.0 Å². The smallest absolute Gasteiger partial charge is 0.407 e. The third-order valence-electron chi connectivity index (χ3n) is 8.23. The Bertz CT molecular complexity index is 943. The number of nitrogens with one attached hydrogen (secondary N) is 3. The number of alkyl carbamates (subject to hydrolysis) is 1. The van der Waals surface area contributed by atoms with Gasteiger partial charge in [0, 0.05) is 43.7 Å². The molecule has 0 aromatic rings. The Morgan fingerprint density at radius 1 is 1.38 bits per heavy atom. The second-order valence-electron chi connectivity index (χ2n) is 11.0. The van der Waals surface area contributed by atoms with E-state index in [1.54, 1.807) is 0 Å². The van der Waals surface area contributed by atoms with Crippen LogP contribution >= 0.6 is 0 Å². The maximum Gasteiger partial charge on any atom is 0.407 e. The van der Waals surface area contributed by atoms with Crippen molar-refractivity contribution in [2.75, 3.05) is 26.9 Å². The zero-order valence-electron chi connectivity index (χ0n) is 22.3. The third-order valence-corrected chi connectivity index (χ3v) is 8.23. The van der Waals surface area contributed by atoms with E-state index in [9.17, 15) is 4.79 Å². The number of hydrogen-bond donors (Lipinski definition) is 3. The predicted octanol–water partition coefficient (Wildman–Crippen LogP) is 2.88. The molecule has 0 bridgehead atoms. The van der Waals surface area contributed by atoms with Crippen molar-refractivity contribution in [2.24, 2.45) is 21.9 Å². The number of amides is 1. The first-order valence-electron chi connectivity index (χ1n) is 13.9. The topological polar surface area (TPSA) is 109 Å².